The van der Waals surface area contributed by atoms with E-state index in [9.17, 15) is 9.18 Å². The average Bonchev–Trinajstić information content (AvgIpc) is 1.82. The molecule has 0 aromatic carbocycles. The molecule has 1 unspecified atom stereocenters. The van der Waals surface area contributed by atoms with Crippen LogP contribution in [0.5, 0.6) is 0 Å². The second kappa shape index (κ2) is 5.02. The number of alkyl halides is 1. The lowest BCUT2D eigenvalue weighted by Crippen LogP contribution is -2.12. The van der Waals surface area contributed by atoms with Crippen LogP contribution in [0, 0.1) is 0 Å². The summed E-state index contributed by atoms with van der Waals surface area (Å²) in [6, 6.07) is 0. The maximum Gasteiger partial charge on any atom is 0.506 e. The van der Waals surface area contributed by atoms with Gasteiger partial charge in [-0.05, 0) is 19.8 Å². The van der Waals surface area contributed by atoms with Gasteiger partial charge in [0.15, 0.2) is 0 Å². The lowest BCUT2D eigenvalue weighted by molar-refractivity contribution is 0.0543. The Labute approximate surface area is 58.8 Å². The van der Waals surface area contributed by atoms with Crippen molar-refractivity contribution >= 4 is 6.16 Å². The summed E-state index contributed by atoms with van der Waals surface area (Å²) in [5.41, 5.74) is 0. The number of halogens is 1. The largest absolute Gasteiger partial charge is 0.506 e. The van der Waals surface area contributed by atoms with E-state index in [0.717, 1.165) is 0 Å². The highest BCUT2D eigenvalue weighted by molar-refractivity contribution is 5.56. The van der Waals surface area contributed by atoms with Crippen LogP contribution in [0.3, 0.4) is 0 Å². The summed E-state index contributed by atoms with van der Waals surface area (Å²) in [6.45, 7) is 1.18. The van der Waals surface area contributed by atoms with E-state index in [-0.39, 0.29) is 0 Å². The minimum atomic E-state index is -1.30. The monoisotopic (exact) mass is 150 g/mol. The third-order valence-corrected chi connectivity index (χ3v) is 1.05. The number of rotatable bonds is 4. The predicted molar refractivity (Wildman–Crippen MR) is 33.8 cm³/mol. The van der Waals surface area contributed by atoms with Crippen molar-refractivity contribution in [3.63, 3.8) is 0 Å². The Morgan fingerprint density at radius 3 is 2.80 bits per heavy atom. The van der Waals surface area contributed by atoms with Crippen LogP contribution in [0.4, 0.5) is 9.18 Å². The molecule has 60 valence electrons. The maximum absolute atomic E-state index is 11.5. The highest BCUT2D eigenvalue weighted by Crippen LogP contribution is 2.01. The normalized spacial score (nSPS) is 12.6. The van der Waals surface area contributed by atoms with Gasteiger partial charge in [-0.25, -0.2) is 4.79 Å². The number of hydrogen-bond acceptors (Lipinski definition) is 2. The number of carbonyl (C=O) groups is 1. The molecule has 0 radical (unpaired) electrons. The molecule has 0 aliphatic carbocycles. The summed E-state index contributed by atoms with van der Waals surface area (Å²) >= 11 is 0. The van der Waals surface area contributed by atoms with E-state index in [2.05, 4.69) is 4.74 Å². The Bertz CT molecular complexity index is 105. The van der Waals surface area contributed by atoms with Crippen LogP contribution < -0.4 is 0 Å². The van der Waals surface area contributed by atoms with Gasteiger partial charge in [-0.3, -0.25) is 4.39 Å². The van der Waals surface area contributed by atoms with Crippen LogP contribution in [0.2, 0.25) is 0 Å². The van der Waals surface area contributed by atoms with E-state index in [1.54, 1.807) is 6.92 Å². The molecule has 0 heterocycles. The number of ether oxygens (including phenoxy) is 1. The molecule has 1 atom stereocenters. The molecule has 0 amide bonds. The minimum Gasteiger partial charge on any atom is -0.450 e. The standard InChI is InChI=1S/C6H11FO3/c1-5(3-2-4-7)10-6(8)9/h5H,2-4H2,1H3,(H,8,9). The zero-order chi connectivity index (χ0) is 7.98. The van der Waals surface area contributed by atoms with E-state index in [1.807, 2.05) is 0 Å². The molecule has 0 saturated carbocycles. The molecule has 0 bridgehead atoms. The van der Waals surface area contributed by atoms with E-state index in [0.29, 0.717) is 12.8 Å². The highest BCUT2D eigenvalue weighted by atomic mass is 19.1. The highest BCUT2D eigenvalue weighted by Gasteiger charge is 2.05. The Kier molecular flexibility index (Phi) is 4.62. The van der Waals surface area contributed by atoms with E-state index < -0.39 is 18.9 Å². The first-order valence-corrected chi connectivity index (χ1v) is 3.12. The number of hydrogen-bond donors (Lipinski definition) is 1. The zero-order valence-electron chi connectivity index (χ0n) is 5.84. The third-order valence-electron chi connectivity index (χ3n) is 1.05. The summed E-state index contributed by atoms with van der Waals surface area (Å²) in [4.78, 5) is 9.86. The predicted octanol–water partition coefficient (Wildman–Crippen LogP) is 1.82. The van der Waals surface area contributed by atoms with Gasteiger partial charge in [-0.15, -0.1) is 0 Å². The van der Waals surface area contributed by atoms with Gasteiger partial charge >= 0.3 is 6.16 Å². The second-order valence-corrected chi connectivity index (χ2v) is 2.03. The molecular formula is C6H11FO3. The summed E-state index contributed by atoms with van der Waals surface area (Å²) in [5, 5.41) is 8.07. The third kappa shape index (κ3) is 5.34. The van der Waals surface area contributed by atoms with Crippen LogP contribution in [0.1, 0.15) is 19.8 Å². The van der Waals surface area contributed by atoms with Gasteiger partial charge in [0.05, 0.1) is 6.67 Å². The Morgan fingerprint density at radius 2 is 2.40 bits per heavy atom. The summed E-state index contributed by atoms with van der Waals surface area (Å²) < 4.78 is 15.8. The fraction of sp³-hybridized carbons (Fsp3) is 0.833. The molecular weight excluding hydrogens is 139 g/mol. The van der Waals surface area contributed by atoms with Crippen LogP contribution in [-0.4, -0.2) is 24.0 Å². The molecule has 0 fully saturated rings. The Morgan fingerprint density at radius 1 is 1.80 bits per heavy atom. The van der Waals surface area contributed by atoms with Crippen molar-refractivity contribution in [1.29, 1.82) is 0 Å². The van der Waals surface area contributed by atoms with Crippen LogP contribution in [0.15, 0.2) is 0 Å². The smallest absolute Gasteiger partial charge is 0.450 e. The summed E-state index contributed by atoms with van der Waals surface area (Å²) in [6.07, 6.45) is -0.892. The van der Waals surface area contributed by atoms with Gasteiger partial charge in [0.1, 0.15) is 6.10 Å². The zero-order valence-corrected chi connectivity index (χ0v) is 5.84. The Balaban J connectivity index is 3.25. The molecule has 0 aliphatic heterocycles. The SMILES string of the molecule is CC(CCCF)OC(=O)O. The molecule has 1 N–H and O–H groups in total. The second-order valence-electron chi connectivity index (χ2n) is 2.03. The van der Waals surface area contributed by atoms with Crippen molar-refractivity contribution in [2.75, 3.05) is 6.67 Å². The summed E-state index contributed by atoms with van der Waals surface area (Å²) in [7, 11) is 0. The van der Waals surface area contributed by atoms with E-state index >= 15 is 0 Å². The minimum absolute atomic E-state index is 0.356. The van der Waals surface area contributed by atoms with Crippen LogP contribution >= 0.6 is 0 Å². The van der Waals surface area contributed by atoms with Crippen molar-refractivity contribution in [3.05, 3.63) is 0 Å². The Hall–Kier alpha value is -0.800. The maximum atomic E-state index is 11.5. The van der Waals surface area contributed by atoms with Crippen molar-refractivity contribution < 1.29 is 19.0 Å². The summed E-state index contributed by atoms with van der Waals surface area (Å²) in [5.74, 6) is 0. The molecule has 0 aliphatic rings. The first-order chi connectivity index (χ1) is 4.66. The lowest BCUT2D eigenvalue weighted by atomic mass is 10.2. The molecule has 0 rings (SSSR count). The molecule has 0 aromatic rings. The molecule has 3 nitrogen and oxygen atoms in total. The van der Waals surface area contributed by atoms with Crippen LogP contribution in [0.25, 0.3) is 0 Å². The van der Waals surface area contributed by atoms with Gasteiger partial charge in [-0.1, -0.05) is 0 Å². The van der Waals surface area contributed by atoms with Gasteiger partial charge in [0.25, 0.3) is 0 Å². The van der Waals surface area contributed by atoms with Gasteiger partial charge in [-0.2, -0.15) is 0 Å². The van der Waals surface area contributed by atoms with Crippen molar-refractivity contribution in [3.8, 4) is 0 Å². The van der Waals surface area contributed by atoms with Crippen molar-refractivity contribution in [2.24, 2.45) is 0 Å². The van der Waals surface area contributed by atoms with Gasteiger partial charge < -0.3 is 9.84 Å². The topological polar surface area (TPSA) is 46.5 Å². The van der Waals surface area contributed by atoms with Gasteiger partial charge in [0.2, 0.25) is 0 Å². The fourth-order valence-corrected chi connectivity index (χ4v) is 0.596. The first kappa shape index (κ1) is 9.20. The molecule has 4 heteroatoms. The fourth-order valence-electron chi connectivity index (χ4n) is 0.596. The number of carboxylic acid groups (broad SMARTS) is 1. The average molecular weight is 150 g/mol. The van der Waals surface area contributed by atoms with Crippen molar-refractivity contribution in [2.45, 2.75) is 25.9 Å². The van der Waals surface area contributed by atoms with E-state index in [1.165, 1.54) is 0 Å². The quantitative estimate of drug-likeness (QED) is 0.622. The van der Waals surface area contributed by atoms with Crippen molar-refractivity contribution in [1.82, 2.24) is 0 Å². The van der Waals surface area contributed by atoms with Gasteiger partial charge in [0, 0.05) is 0 Å². The molecule has 10 heavy (non-hydrogen) atoms. The van der Waals surface area contributed by atoms with E-state index in [4.69, 9.17) is 5.11 Å². The lowest BCUT2D eigenvalue weighted by Gasteiger charge is -2.07. The molecule has 0 spiro atoms. The molecule has 0 aromatic heterocycles. The molecule has 0 saturated heterocycles. The first-order valence-electron chi connectivity index (χ1n) is 3.12. The van der Waals surface area contributed by atoms with Crippen LogP contribution in [-0.2, 0) is 4.74 Å².